The second-order valence-electron chi connectivity index (χ2n) is 10.4. The molecule has 1 fully saturated rings. The number of ether oxygens (including phenoxy) is 1. The number of alkyl halides is 2. The van der Waals surface area contributed by atoms with E-state index in [0.29, 0.717) is 25.2 Å². The first kappa shape index (κ1) is 26.0. The number of aromatic amines is 1. The van der Waals surface area contributed by atoms with Gasteiger partial charge in [0.1, 0.15) is 30.1 Å². The van der Waals surface area contributed by atoms with Gasteiger partial charge in [-0.1, -0.05) is 31.5 Å². The van der Waals surface area contributed by atoms with Crippen LogP contribution in [0.4, 0.5) is 17.6 Å². The molecule has 1 saturated heterocycles. The van der Waals surface area contributed by atoms with E-state index < -0.39 is 42.8 Å². The topological polar surface area (TPSA) is 51.7 Å². The smallest absolute Gasteiger partial charge is 0.283 e. The lowest BCUT2D eigenvalue weighted by molar-refractivity contribution is -0.0869. The van der Waals surface area contributed by atoms with Crippen LogP contribution in [0.3, 0.4) is 0 Å². The highest BCUT2D eigenvalue weighted by atomic mass is 19.3. The van der Waals surface area contributed by atoms with Crippen molar-refractivity contribution in [2.45, 2.75) is 57.2 Å². The van der Waals surface area contributed by atoms with Crippen LogP contribution in [0.25, 0.3) is 10.9 Å². The second kappa shape index (κ2) is 10.3. The molecule has 0 radical (unpaired) electrons. The van der Waals surface area contributed by atoms with E-state index >= 15 is 8.78 Å². The fourth-order valence-corrected chi connectivity index (χ4v) is 5.63. The molecule has 1 aromatic heterocycles. The van der Waals surface area contributed by atoms with Crippen LogP contribution in [0.15, 0.2) is 36.4 Å². The van der Waals surface area contributed by atoms with E-state index in [1.165, 1.54) is 4.90 Å². The highest BCUT2D eigenvalue weighted by Crippen LogP contribution is 2.44. The number of likely N-dealkylation sites (tertiary alicyclic amines) is 1. The van der Waals surface area contributed by atoms with Crippen LogP contribution in [0.1, 0.15) is 49.6 Å². The number of aromatic nitrogens is 1. The molecule has 3 aromatic rings. The predicted molar refractivity (Wildman–Crippen MR) is 134 cm³/mol. The number of benzene rings is 2. The number of aliphatic hydroxyl groups is 1. The first-order valence-corrected chi connectivity index (χ1v) is 12.9. The van der Waals surface area contributed by atoms with Crippen molar-refractivity contribution < 1.29 is 27.4 Å². The van der Waals surface area contributed by atoms with Crippen molar-refractivity contribution in [3.63, 3.8) is 0 Å². The molecule has 2 N–H and O–H groups in total. The minimum Gasteiger partial charge on any atom is -0.488 e. The highest BCUT2D eigenvalue weighted by Gasteiger charge is 2.43. The molecule has 2 aromatic carbocycles. The van der Waals surface area contributed by atoms with E-state index in [1.807, 2.05) is 24.3 Å². The Morgan fingerprint density at radius 1 is 1.14 bits per heavy atom. The Labute approximate surface area is 214 Å². The first-order valence-electron chi connectivity index (χ1n) is 12.9. The maximum absolute atomic E-state index is 15.7. The molecule has 2 aliphatic heterocycles. The zero-order valence-electron chi connectivity index (χ0n) is 21.1. The standard InChI is InChI=1S/C28H33F4N3O2/c1-3-4-9-34-13-19(14-34)37-18-11-22(29)25(23(30)12-18)27-26-21(20-7-5-6-8-24(20)33-26)10-17(2)35(27)15-28(31,32)16-36/h5-8,11-12,17,19,27,33,36H,3-4,9-10,13-16H2,1-2H3/t17-,27-/m1/s1. The number of rotatable bonds is 9. The van der Waals surface area contributed by atoms with Crippen molar-refractivity contribution in [3.8, 4) is 5.75 Å². The number of para-hydroxylation sites is 1. The van der Waals surface area contributed by atoms with E-state index in [4.69, 9.17) is 4.74 Å². The maximum Gasteiger partial charge on any atom is 0.283 e. The number of nitrogens with one attached hydrogen (secondary N) is 1. The van der Waals surface area contributed by atoms with Gasteiger partial charge in [0.2, 0.25) is 0 Å². The molecule has 5 rings (SSSR count). The molecule has 0 spiro atoms. The predicted octanol–water partition coefficient (Wildman–Crippen LogP) is 5.27. The first-order chi connectivity index (χ1) is 17.7. The molecule has 2 atom stereocenters. The van der Waals surface area contributed by atoms with Crippen molar-refractivity contribution in [2.24, 2.45) is 0 Å². The van der Waals surface area contributed by atoms with Crippen LogP contribution in [0, 0.1) is 11.6 Å². The van der Waals surface area contributed by atoms with Gasteiger partial charge in [0.05, 0.1) is 12.6 Å². The zero-order valence-corrected chi connectivity index (χ0v) is 21.1. The maximum atomic E-state index is 15.7. The summed E-state index contributed by atoms with van der Waals surface area (Å²) in [5, 5.41) is 10.2. The monoisotopic (exact) mass is 519 g/mol. The molecule has 0 aliphatic carbocycles. The molecule has 0 saturated carbocycles. The Morgan fingerprint density at radius 3 is 2.51 bits per heavy atom. The summed E-state index contributed by atoms with van der Waals surface area (Å²) in [5.41, 5.74) is 1.82. The van der Waals surface area contributed by atoms with Gasteiger partial charge in [-0.25, -0.2) is 17.6 Å². The minimum atomic E-state index is -3.43. The lowest BCUT2D eigenvalue weighted by Gasteiger charge is -2.42. The van der Waals surface area contributed by atoms with Gasteiger partial charge in [-0.3, -0.25) is 9.80 Å². The van der Waals surface area contributed by atoms with Gasteiger partial charge in [0.15, 0.2) is 0 Å². The lowest BCUT2D eigenvalue weighted by atomic mass is 9.87. The quantitative estimate of drug-likeness (QED) is 0.378. The number of hydrogen-bond donors (Lipinski definition) is 2. The third-order valence-electron chi connectivity index (χ3n) is 7.54. The van der Waals surface area contributed by atoms with Crippen molar-refractivity contribution in [1.82, 2.24) is 14.8 Å². The van der Waals surface area contributed by atoms with Gasteiger partial charge in [0, 0.05) is 53.4 Å². The van der Waals surface area contributed by atoms with Crippen LogP contribution < -0.4 is 4.74 Å². The lowest BCUT2D eigenvalue weighted by Crippen LogP contribution is -2.53. The average Bonchev–Trinajstić information content (AvgIpc) is 3.19. The Kier molecular flexibility index (Phi) is 7.22. The number of unbranched alkanes of at least 4 members (excludes halogenated alkanes) is 1. The number of halogens is 4. The van der Waals surface area contributed by atoms with E-state index in [-0.39, 0.29) is 17.4 Å². The van der Waals surface area contributed by atoms with Gasteiger partial charge in [-0.05, 0) is 37.9 Å². The van der Waals surface area contributed by atoms with Crippen LogP contribution >= 0.6 is 0 Å². The summed E-state index contributed by atoms with van der Waals surface area (Å²) < 4.78 is 66.0. The summed E-state index contributed by atoms with van der Waals surface area (Å²) in [5.74, 6) is -5.04. The molecule has 200 valence electrons. The molecule has 9 heteroatoms. The van der Waals surface area contributed by atoms with Crippen molar-refractivity contribution in [1.29, 1.82) is 0 Å². The molecule has 2 aliphatic rings. The summed E-state index contributed by atoms with van der Waals surface area (Å²) >= 11 is 0. The van der Waals surface area contributed by atoms with E-state index in [9.17, 15) is 13.9 Å². The fraction of sp³-hybridized carbons (Fsp3) is 0.500. The van der Waals surface area contributed by atoms with Crippen molar-refractivity contribution in [2.75, 3.05) is 32.8 Å². The van der Waals surface area contributed by atoms with Crippen LogP contribution in [0.2, 0.25) is 0 Å². The largest absolute Gasteiger partial charge is 0.488 e. The Hall–Kier alpha value is -2.62. The van der Waals surface area contributed by atoms with Crippen LogP contribution in [-0.2, 0) is 6.42 Å². The van der Waals surface area contributed by atoms with E-state index in [1.54, 1.807) is 6.92 Å². The van der Waals surface area contributed by atoms with Gasteiger partial charge in [0.25, 0.3) is 5.92 Å². The van der Waals surface area contributed by atoms with Crippen molar-refractivity contribution in [3.05, 3.63) is 64.9 Å². The van der Waals surface area contributed by atoms with Crippen LogP contribution in [-0.4, -0.2) is 70.7 Å². The summed E-state index contributed by atoms with van der Waals surface area (Å²) in [6.07, 6.45) is 2.47. The van der Waals surface area contributed by atoms with Crippen LogP contribution in [0.5, 0.6) is 5.75 Å². The summed E-state index contributed by atoms with van der Waals surface area (Å²) in [6, 6.07) is 8.22. The van der Waals surface area contributed by atoms with E-state index in [2.05, 4.69) is 16.8 Å². The summed E-state index contributed by atoms with van der Waals surface area (Å²) in [7, 11) is 0. The normalized spacial score (nSPS) is 21.3. The Bertz CT molecular complexity index is 1230. The zero-order chi connectivity index (χ0) is 26.3. The number of aliphatic hydroxyl groups excluding tert-OH is 1. The molecular weight excluding hydrogens is 486 g/mol. The molecule has 0 unspecified atom stereocenters. The third kappa shape index (κ3) is 5.09. The number of H-pyrrole nitrogens is 1. The van der Waals surface area contributed by atoms with Gasteiger partial charge >= 0.3 is 0 Å². The molecule has 3 heterocycles. The molecule has 5 nitrogen and oxygen atoms in total. The number of fused-ring (bicyclic) bond motifs is 3. The SMILES string of the molecule is CCCCN1CC(Oc2cc(F)c([C@@H]3c4[nH]c5ccccc5c4C[C@@H](C)N3CC(F)(F)CO)c(F)c2)C1. The fourth-order valence-electron chi connectivity index (χ4n) is 5.63. The van der Waals surface area contributed by atoms with Crippen molar-refractivity contribution >= 4 is 10.9 Å². The molecule has 0 amide bonds. The molecule has 0 bridgehead atoms. The summed E-state index contributed by atoms with van der Waals surface area (Å²) in [6.45, 7) is 4.08. The molecule has 37 heavy (non-hydrogen) atoms. The molecular formula is C28H33F4N3O2. The third-order valence-corrected chi connectivity index (χ3v) is 7.54. The van der Waals surface area contributed by atoms with Gasteiger partial charge < -0.3 is 14.8 Å². The van der Waals surface area contributed by atoms with Gasteiger partial charge in [-0.15, -0.1) is 0 Å². The summed E-state index contributed by atoms with van der Waals surface area (Å²) in [4.78, 5) is 6.85. The number of hydrogen-bond acceptors (Lipinski definition) is 4. The van der Waals surface area contributed by atoms with Gasteiger partial charge in [-0.2, -0.15) is 0 Å². The highest BCUT2D eigenvalue weighted by molar-refractivity contribution is 5.85. The second-order valence-corrected chi connectivity index (χ2v) is 10.4. The Morgan fingerprint density at radius 2 is 1.84 bits per heavy atom. The number of nitrogens with zero attached hydrogens (tertiary/aromatic N) is 2. The Balaban J connectivity index is 1.50. The average molecular weight is 520 g/mol. The van der Waals surface area contributed by atoms with E-state index in [0.717, 1.165) is 48.0 Å². The minimum absolute atomic E-state index is 0.0897.